The van der Waals surface area contributed by atoms with E-state index in [2.05, 4.69) is 15.6 Å². The topological polar surface area (TPSA) is 75.1 Å². The van der Waals surface area contributed by atoms with Crippen molar-refractivity contribution in [1.29, 1.82) is 0 Å². The highest BCUT2D eigenvalue weighted by atomic mass is 127. The van der Waals surface area contributed by atoms with Gasteiger partial charge in [-0.3, -0.25) is 0 Å². The fraction of sp³-hybridized carbons (Fsp3) is 0.381. The van der Waals surface area contributed by atoms with E-state index in [4.69, 9.17) is 26.2 Å². The number of nitrogens with one attached hydrogen (secondary N) is 2. The number of hydrogen-bond donors (Lipinski definition) is 3. The quantitative estimate of drug-likeness (QED) is 0.125. The molecule has 0 unspecified atom stereocenters. The van der Waals surface area contributed by atoms with Crippen molar-refractivity contribution in [2.45, 2.75) is 18.4 Å². The van der Waals surface area contributed by atoms with Gasteiger partial charge in [0.2, 0.25) is 0 Å². The lowest BCUT2D eigenvalue weighted by atomic mass is 10.2. The Balaban J connectivity index is 0.00000450. The molecule has 0 spiro atoms. The summed E-state index contributed by atoms with van der Waals surface area (Å²) in [5, 5.41) is 16.3. The zero-order chi connectivity index (χ0) is 20.9. The molecule has 166 valence electrons. The summed E-state index contributed by atoms with van der Waals surface area (Å²) in [6.07, 6.45) is 0. The van der Waals surface area contributed by atoms with Gasteiger partial charge in [0.1, 0.15) is 6.61 Å². The highest BCUT2D eigenvalue weighted by Gasteiger charge is 2.06. The molecule has 9 heteroatoms. The summed E-state index contributed by atoms with van der Waals surface area (Å²) in [5.41, 5.74) is 1.01. The van der Waals surface area contributed by atoms with Crippen molar-refractivity contribution in [1.82, 2.24) is 10.6 Å². The summed E-state index contributed by atoms with van der Waals surface area (Å²) >= 11 is 7.68. The number of halogens is 2. The number of benzene rings is 2. The molecule has 0 saturated heterocycles. The summed E-state index contributed by atoms with van der Waals surface area (Å²) in [5.74, 6) is 2.92. The lowest BCUT2D eigenvalue weighted by Crippen LogP contribution is -2.38. The Hall–Kier alpha value is -1.36. The number of hydrogen-bond acceptors (Lipinski definition) is 5. The van der Waals surface area contributed by atoms with Crippen LogP contribution < -0.4 is 20.1 Å². The van der Waals surface area contributed by atoms with Crippen LogP contribution in [0.5, 0.6) is 11.5 Å². The first-order valence-corrected chi connectivity index (χ1v) is 10.8. The Morgan fingerprint density at radius 3 is 2.57 bits per heavy atom. The van der Waals surface area contributed by atoms with Crippen molar-refractivity contribution >= 4 is 53.3 Å². The van der Waals surface area contributed by atoms with Gasteiger partial charge in [-0.05, 0) is 48.9 Å². The smallest absolute Gasteiger partial charge is 0.191 e. The molecular formula is C21H29ClIN3O3S. The highest BCUT2D eigenvalue weighted by Crippen LogP contribution is 2.28. The summed E-state index contributed by atoms with van der Waals surface area (Å²) in [4.78, 5) is 5.83. The molecule has 0 atom stereocenters. The number of thioether (sulfide) groups is 1. The zero-order valence-corrected chi connectivity index (χ0v) is 21.1. The first-order chi connectivity index (χ1) is 14.2. The van der Waals surface area contributed by atoms with Gasteiger partial charge in [-0.15, -0.1) is 35.7 Å². The molecule has 0 saturated carbocycles. The van der Waals surface area contributed by atoms with E-state index in [1.807, 2.05) is 49.4 Å². The highest BCUT2D eigenvalue weighted by molar-refractivity contribution is 14.0. The van der Waals surface area contributed by atoms with Gasteiger partial charge in [0.25, 0.3) is 0 Å². The van der Waals surface area contributed by atoms with Gasteiger partial charge in [-0.1, -0.05) is 17.7 Å². The number of ether oxygens (including phenoxy) is 2. The fourth-order valence-electron chi connectivity index (χ4n) is 2.47. The van der Waals surface area contributed by atoms with E-state index in [0.29, 0.717) is 18.0 Å². The Morgan fingerprint density at radius 1 is 1.13 bits per heavy atom. The molecule has 0 amide bonds. The van der Waals surface area contributed by atoms with Crippen LogP contribution >= 0.6 is 47.3 Å². The van der Waals surface area contributed by atoms with Crippen LogP contribution in [0, 0.1) is 0 Å². The van der Waals surface area contributed by atoms with Crippen molar-refractivity contribution < 1.29 is 14.6 Å². The summed E-state index contributed by atoms with van der Waals surface area (Å²) in [7, 11) is 1.60. The number of aliphatic hydroxyl groups is 1. The molecule has 3 N–H and O–H groups in total. The van der Waals surface area contributed by atoms with E-state index in [-0.39, 0.29) is 37.2 Å². The minimum absolute atomic E-state index is 0. The average Bonchev–Trinajstić information content (AvgIpc) is 2.74. The van der Waals surface area contributed by atoms with Gasteiger partial charge in [0.15, 0.2) is 17.5 Å². The van der Waals surface area contributed by atoms with Crippen molar-refractivity contribution in [3.8, 4) is 11.5 Å². The van der Waals surface area contributed by atoms with Crippen molar-refractivity contribution in [2.75, 3.05) is 39.2 Å². The number of rotatable bonds is 11. The third-order valence-electron chi connectivity index (χ3n) is 3.82. The molecule has 2 aromatic carbocycles. The van der Waals surface area contributed by atoms with Gasteiger partial charge in [-0.25, -0.2) is 4.99 Å². The van der Waals surface area contributed by atoms with Crippen LogP contribution in [0.2, 0.25) is 5.02 Å². The molecule has 30 heavy (non-hydrogen) atoms. The van der Waals surface area contributed by atoms with Crippen LogP contribution in [0.3, 0.4) is 0 Å². The zero-order valence-electron chi connectivity index (χ0n) is 17.2. The van der Waals surface area contributed by atoms with Gasteiger partial charge < -0.3 is 25.2 Å². The second-order valence-corrected chi connectivity index (χ2v) is 7.59. The van der Waals surface area contributed by atoms with Gasteiger partial charge in [0, 0.05) is 28.8 Å². The van der Waals surface area contributed by atoms with E-state index in [1.165, 1.54) is 4.90 Å². The third-order valence-corrected chi connectivity index (χ3v) is 5.08. The monoisotopic (exact) mass is 565 g/mol. The predicted octanol–water partition coefficient (Wildman–Crippen LogP) is 4.19. The molecule has 0 bridgehead atoms. The van der Waals surface area contributed by atoms with Crippen LogP contribution in [-0.2, 0) is 6.54 Å². The Kier molecular flexibility index (Phi) is 13.7. The summed E-state index contributed by atoms with van der Waals surface area (Å²) in [6.45, 7) is 4.32. The van der Waals surface area contributed by atoms with Crippen molar-refractivity contribution in [3.05, 3.63) is 53.1 Å². The van der Waals surface area contributed by atoms with Crippen LogP contribution in [0.15, 0.2) is 52.4 Å². The first-order valence-electron chi connectivity index (χ1n) is 9.47. The second-order valence-electron chi connectivity index (χ2n) is 5.98. The second kappa shape index (κ2) is 15.4. The SMILES string of the molecule is CCNC(=NCc1ccc(OCCO)c(OC)c1)NCCSc1ccc(Cl)cc1.I. The third kappa shape index (κ3) is 9.63. The van der Waals surface area contributed by atoms with E-state index in [9.17, 15) is 0 Å². The molecule has 0 aliphatic rings. The van der Waals surface area contributed by atoms with E-state index in [0.717, 1.165) is 35.4 Å². The molecule has 0 heterocycles. The molecule has 0 aromatic heterocycles. The van der Waals surface area contributed by atoms with Gasteiger partial charge >= 0.3 is 0 Å². The molecule has 0 radical (unpaired) electrons. The Bertz CT molecular complexity index is 779. The molecule has 0 fully saturated rings. The largest absolute Gasteiger partial charge is 0.493 e. The maximum atomic E-state index is 8.90. The number of guanidine groups is 1. The lowest BCUT2D eigenvalue weighted by molar-refractivity contribution is 0.196. The fourth-order valence-corrected chi connectivity index (χ4v) is 3.36. The number of aliphatic imine (C=N–C) groups is 1. The molecular weight excluding hydrogens is 537 g/mol. The molecule has 2 rings (SSSR count). The van der Waals surface area contributed by atoms with E-state index < -0.39 is 0 Å². The van der Waals surface area contributed by atoms with E-state index >= 15 is 0 Å². The number of methoxy groups -OCH3 is 1. The van der Waals surface area contributed by atoms with Crippen molar-refractivity contribution in [2.24, 2.45) is 4.99 Å². The Morgan fingerprint density at radius 2 is 1.90 bits per heavy atom. The average molecular weight is 566 g/mol. The number of nitrogens with zero attached hydrogens (tertiary/aromatic N) is 1. The molecule has 6 nitrogen and oxygen atoms in total. The summed E-state index contributed by atoms with van der Waals surface area (Å²) in [6, 6.07) is 13.5. The predicted molar refractivity (Wildman–Crippen MR) is 136 cm³/mol. The minimum Gasteiger partial charge on any atom is -0.493 e. The Labute approximate surface area is 204 Å². The van der Waals surface area contributed by atoms with Crippen LogP contribution in [-0.4, -0.2) is 50.2 Å². The van der Waals surface area contributed by atoms with Gasteiger partial charge in [-0.2, -0.15) is 0 Å². The normalized spacial score (nSPS) is 10.9. The standard InChI is InChI=1S/C21H28ClN3O3S.HI/c1-3-23-21(24-10-13-29-18-7-5-17(22)6-8-18)25-15-16-4-9-19(28-12-11-26)20(14-16)27-2;/h4-9,14,26H,3,10-13,15H2,1-2H3,(H2,23,24,25);1H. The minimum atomic E-state index is -0.0385. The van der Waals surface area contributed by atoms with Crippen molar-refractivity contribution in [3.63, 3.8) is 0 Å². The summed E-state index contributed by atoms with van der Waals surface area (Å²) < 4.78 is 10.8. The lowest BCUT2D eigenvalue weighted by Gasteiger charge is -2.13. The molecule has 0 aliphatic heterocycles. The molecule has 2 aromatic rings. The number of aliphatic hydroxyl groups excluding tert-OH is 1. The van der Waals surface area contributed by atoms with Gasteiger partial charge in [0.05, 0.1) is 20.3 Å². The van der Waals surface area contributed by atoms with Crippen LogP contribution in [0.25, 0.3) is 0 Å². The maximum absolute atomic E-state index is 8.90. The van der Waals surface area contributed by atoms with E-state index in [1.54, 1.807) is 18.9 Å². The maximum Gasteiger partial charge on any atom is 0.191 e. The molecule has 0 aliphatic carbocycles. The van der Waals surface area contributed by atoms with Crippen LogP contribution in [0.1, 0.15) is 12.5 Å². The van der Waals surface area contributed by atoms with Crippen LogP contribution in [0.4, 0.5) is 0 Å². The first kappa shape index (κ1) is 26.7.